The molecule has 2 rings (SSSR count). The average Bonchev–Trinajstić information content (AvgIpc) is 2.51. The Balaban J connectivity index is 2.20. The maximum absolute atomic E-state index is 12.3. The van der Waals surface area contributed by atoms with Gasteiger partial charge >= 0.3 is 5.97 Å². The van der Waals surface area contributed by atoms with Gasteiger partial charge < -0.3 is 19.3 Å². The van der Waals surface area contributed by atoms with Crippen molar-refractivity contribution in [2.24, 2.45) is 0 Å². The van der Waals surface area contributed by atoms with Crippen molar-refractivity contribution in [1.82, 2.24) is 4.72 Å². The first-order chi connectivity index (χ1) is 10.3. The van der Waals surface area contributed by atoms with E-state index in [-0.39, 0.29) is 9.37 Å². The molecule has 1 heterocycles. The van der Waals surface area contributed by atoms with E-state index < -0.39 is 28.6 Å². The van der Waals surface area contributed by atoms with Crippen LogP contribution in [0.15, 0.2) is 21.5 Å². The van der Waals surface area contributed by atoms with Crippen LogP contribution in [0.2, 0.25) is 0 Å². The molecule has 0 radical (unpaired) electrons. The Kier molecular flexibility index (Phi) is 5.27. The minimum Gasteiger partial charge on any atom is -0.486 e. The normalized spacial score (nSPS) is 15.2. The van der Waals surface area contributed by atoms with E-state index in [0.29, 0.717) is 24.7 Å². The molecule has 1 aliphatic rings. The van der Waals surface area contributed by atoms with Gasteiger partial charge in [0.1, 0.15) is 18.1 Å². The quantitative estimate of drug-likeness (QED) is 0.676. The van der Waals surface area contributed by atoms with Crippen LogP contribution in [-0.4, -0.2) is 52.5 Å². The van der Waals surface area contributed by atoms with E-state index in [1.807, 2.05) is 0 Å². The van der Waals surface area contributed by atoms with Crippen molar-refractivity contribution in [2.45, 2.75) is 11.0 Å². The van der Waals surface area contributed by atoms with Crippen molar-refractivity contribution in [3.8, 4) is 11.5 Å². The molecule has 22 heavy (non-hydrogen) atoms. The Hall–Kier alpha value is -1.36. The van der Waals surface area contributed by atoms with Gasteiger partial charge in [0.05, 0.1) is 7.11 Å². The summed E-state index contributed by atoms with van der Waals surface area (Å²) in [5.74, 6) is -0.182. The van der Waals surface area contributed by atoms with E-state index in [4.69, 9.17) is 9.47 Å². The molecule has 8 nitrogen and oxygen atoms in total. The molecule has 122 valence electrons. The van der Waals surface area contributed by atoms with E-state index in [1.165, 1.54) is 12.1 Å². The summed E-state index contributed by atoms with van der Waals surface area (Å²) in [6, 6.07) is 2.80. The molecule has 0 bridgehead atoms. The van der Waals surface area contributed by atoms with Gasteiger partial charge in [0.2, 0.25) is 10.0 Å². The van der Waals surface area contributed by atoms with Gasteiger partial charge in [-0.05, 0) is 22.0 Å². The number of ether oxygens (including phenoxy) is 3. The van der Waals surface area contributed by atoms with Crippen LogP contribution in [0, 0.1) is 0 Å². The van der Waals surface area contributed by atoms with Gasteiger partial charge in [-0.25, -0.2) is 17.9 Å². The third-order valence-electron chi connectivity index (χ3n) is 2.83. The highest BCUT2D eigenvalue weighted by Gasteiger charge is 2.25. The van der Waals surface area contributed by atoms with Crippen molar-refractivity contribution in [2.75, 3.05) is 26.9 Å². The highest BCUT2D eigenvalue weighted by molar-refractivity contribution is 9.10. The smallest absolute Gasteiger partial charge is 0.336 e. The van der Waals surface area contributed by atoms with Gasteiger partial charge in [0, 0.05) is 17.1 Å². The van der Waals surface area contributed by atoms with Gasteiger partial charge in [-0.3, -0.25) is 0 Å². The van der Waals surface area contributed by atoms with Crippen LogP contribution >= 0.6 is 15.9 Å². The number of carbonyl (C=O) groups is 1. The summed E-state index contributed by atoms with van der Waals surface area (Å²) in [6.07, 6.45) is -1.59. The predicted molar refractivity (Wildman–Crippen MR) is 78.3 cm³/mol. The summed E-state index contributed by atoms with van der Waals surface area (Å²) >= 11 is 3.15. The van der Waals surface area contributed by atoms with Crippen LogP contribution in [0.3, 0.4) is 0 Å². The van der Waals surface area contributed by atoms with Crippen molar-refractivity contribution in [1.29, 1.82) is 0 Å². The highest BCUT2D eigenvalue weighted by atomic mass is 79.9. The molecule has 0 aliphatic carbocycles. The van der Waals surface area contributed by atoms with Gasteiger partial charge in [-0.1, -0.05) is 0 Å². The van der Waals surface area contributed by atoms with E-state index in [9.17, 15) is 18.3 Å². The van der Waals surface area contributed by atoms with Crippen LogP contribution in [-0.2, 0) is 19.6 Å². The summed E-state index contributed by atoms with van der Waals surface area (Å²) in [6.45, 7) is 0.202. The lowest BCUT2D eigenvalue weighted by Gasteiger charge is -2.20. The molecule has 0 spiro atoms. The van der Waals surface area contributed by atoms with E-state index in [2.05, 4.69) is 25.4 Å². The maximum Gasteiger partial charge on any atom is 0.336 e. The van der Waals surface area contributed by atoms with Gasteiger partial charge in [0.25, 0.3) is 0 Å². The van der Waals surface area contributed by atoms with E-state index in [1.54, 1.807) is 0 Å². The lowest BCUT2D eigenvalue weighted by molar-refractivity contribution is -0.149. The van der Waals surface area contributed by atoms with Gasteiger partial charge in [-0.15, -0.1) is 0 Å². The Labute approximate surface area is 135 Å². The number of halogens is 1. The average molecular weight is 396 g/mol. The molecule has 0 fully saturated rings. The topological polar surface area (TPSA) is 111 Å². The predicted octanol–water partition coefficient (Wildman–Crippen LogP) is 0.0325. The molecule has 1 aliphatic heterocycles. The molecule has 0 unspecified atom stereocenters. The molecule has 1 atom stereocenters. The Bertz CT molecular complexity index is 676. The number of rotatable bonds is 5. The second kappa shape index (κ2) is 6.82. The zero-order valence-corrected chi connectivity index (χ0v) is 13.9. The number of methoxy groups -OCH3 is 1. The largest absolute Gasteiger partial charge is 0.486 e. The van der Waals surface area contributed by atoms with Crippen molar-refractivity contribution in [3.05, 3.63) is 16.6 Å². The minimum atomic E-state index is -3.96. The summed E-state index contributed by atoms with van der Waals surface area (Å²) in [7, 11) is -2.87. The minimum absolute atomic E-state index is 0.0891. The third-order valence-corrected chi connectivity index (χ3v) is 5.21. The Morgan fingerprint density at radius 3 is 2.59 bits per heavy atom. The lowest BCUT2D eigenvalue weighted by atomic mass is 10.3. The zero-order valence-electron chi connectivity index (χ0n) is 11.5. The number of hydrogen-bond donors (Lipinski definition) is 2. The number of nitrogens with one attached hydrogen (secondary N) is 1. The number of carbonyl (C=O) groups excluding carboxylic acids is 1. The maximum atomic E-state index is 12.3. The first-order valence-electron chi connectivity index (χ1n) is 6.20. The summed E-state index contributed by atoms with van der Waals surface area (Å²) < 4.78 is 41.9. The van der Waals surface area contributed by atoms with Crippen LogP contribution in [0.5, 0.6) is 11.5 Å². The number of esters is 1. The second-order valence-corrected chi connectivity index (χ2v) is 6.91. The van der Waals surface area contributed by atoms with Gasteiger partial charge in [0.15, 0.2) is 17.6 Å². The first kappa shape index (κ1) is 17.0. The van der Waals surface area contributed by atoms with Crippen molar-refractivity contribution in [3.63, 3.8) is 0 Å². The van der Waals surface area contributed by atoms with Gasteiger partial charge in [-0.2, -0.15) is 0 Å². The van der Waals surface area contributed by atoms with Crippen LogP contribution in [0.4, 0.5) is 0 Å². The number of sulfonamides is 1. The lowest BCUT2D eigenvalue weighted by Crippen LogP contribution is -2.37. The number of benzene rings is 1. The van der Waals surface area contributed by atoms with E-state index in [0.717, 1.165) is 7.11 Å². The monoisotopic (exact) mass is 395 g/mol. The summed E-state index contributed by atoms with van der Waals surface area (Å²) in [5.41, 5.74) is 0. The standard InChI is InChI=1S/C12H14BrNO7S/c1-19-12(16)8(15)6-14-22(17,18)11-5-10-9(4-7(11)13)20-2-3-21-10/h4-5,8,14-15H,2-3,6H2,1H3/t8-/m0/s1. The fourth-order valence-electron chi connectivity index (χ4n) is 1.74. The second-order valence-electron chi connectivity index (χ2n) is 4.32. The number of aliphatic hydroxyl groups excluding tert-OH is 1. The zero-order chi connectivity index (χ0) is 16.3. The molecule has 10 heteroatoms. The Morgan fingerprint density at radius 1 is 1.41 bits per heavy atom. The van der Waals surface area contributed by atoms with Crippen LogP contribution in [0.25, 0.3) is 0 Å². The van der Waals surface area contributed by atoms with Crippen molar-refractivity contribution < 1.29 is 32.5 Å². The fourth-order valence-corrected chi connectivity index (χ4v) is 3.81. The molecular weight excluding hydrogens is 382 g/mol. The SMILES string of the molecule is COC(=O)[C@@H](O)CNS(=O)(=O)c1cc2c(cc1Br)OCCO2. The number of aliphatic hydroxyl groups is 1. The number of fused-ring (bicyclic) bond motifs is 1. The number of hydrogen-bond acceptors (Lipinski definition) is 7. The molecule has 0 saturated heterocycles. The molecule has 0 saturated carbocycles. The summed E-state index contributed by atoms with van der Waals surface area (Å²) in [4.78, 5) is 11.0. The third kappa shape index (κ3) is 3.69. The van der Waals surface area contributed by atoms with Crippen molar-refractivity contribution >= 4 is 31.9 Å². The molecule has 2 N–H and O–H groups in total. The van der Waals surface area contributed by atoms with E-state index >= 15 is 0 Å². The molecule has 1 aromatic carbocycles. The summed E-state index contributed by atoms with van der Waals surface area (Å²) in [5, 5.41) is 9.43. The molecular formula is C12H14BrNO7S. The highest BCUT2D eigenvalue weighted by Crippen LogP contribution is 2.37. The Morgan fingerprint density at radius 2 is 2.00 bits per heavy atom. The molecule has 0 amide bonds. The fraction of sp³-hybridized carbons (Fsp3) is 0.417. The molecule has 1 aromatic rings. The molecule has 0 aromatic heterocycles. The van der Waals surface area contributed by atoms with Crippen LogP contribution < -0.4 is 14.2 Å². The first-order valence-corrected chi connectivity index (χ1v) is 8.47. The van der Waals surface area contributed by atoms with Crippen LogP contribution in [0.1, 0.15) is 0 Å².